The highest BCUT2D eigenvalue weighted by Gasteiger charge is 1.95. The van der Waals surface area contributed by atoms with Gasteiger partial charge in [-0.2, -0.15) is 0 Å². The summed E-state index contributed by atoms with van der Waals surface area (Å²) >= 11 is 0. The molecule has 2 rings (SSSR count). The number of H-pyrrole nitrogens is 1. The number of benzene rings is 1. The van der Waals surface area contributed by atoms with E-state index in [9.17, 15) is 0 Å². The van der Waals surface area contributed by atoms with Crippen molar-refractivity contribution in [1.82, 2.24) is 9.97 Å². The lowest BCUT2D eigenvalue weighted by atomic mass is 10.2. The lowest BCUT2D eigenvalue weighted by Gasteiger charge is -1.90. The Morgan fingerprint density at radius 1 is 1.50 bits per heavy atom. The highest BCUT2D eigenvalue weighted by atomic mass is 16.4. The zero-order chi connectivity index (χ0) is 8.39. The molecule has 0 spiro atoms. The molecular weight excluding hydrogens is 154 g/mol. The monoisotopic (exact) mass is 161 g/mol. The Bertz CT molecular complexity index is 419. The average Bonchev–Trinajstić information content (AvgIpc) is 2.51. The van der Waals surface area contributed by atoms with E-state index in [1.165, 1.54) is 6.21 Å². The van der Waals surface area contributed by atoms with E-state index in [0.29, 0.717) is 0 Å². The molecule has 60 valence electrons. The fourth-order valence-electron chi connectivity index (χ4n) is 1.10. The van der Waals surface area contributed by atoms with Gasteiger partial charge in [0.1, 0.15) is 0 Å². The van der Waals surface area contributed by atoms with Crippen LogP contribution in [0.1, 0.15) is 5.56 Å². The molecular formula is C8H7N3O. The predicted octanol–water partition coefficient (Wildman–Crippen LogP) is 1.37. The number of fused-ring (bicyclic) bond motifs is 1. The Hall–Kier alpha value is -1.84. The molecule has 0 saturated heterocycles. The van der Waals surface area contributed by atoms with E-state index in [0.717, 1.165) is 16.6 Å². The van der Waals surface area contributed by atoms with E-state index in [1.807, 2.05) is 18.2 Å². The molecule has 0 atom stereocenters. The van der Waals surface area contributed by atoms with Gasteiger partial charge in [0.25, 0.3) is 0 Å². The Labute approximate surface area is 68.6 Å². The molecule has 1 heterocycles. The molecule has 12 heavy (non-hydrogen) atoms. The van der Waals surface area contributed by atoms with Gasteiger partial charge in [-0.05, 0) is 17.7 Å². The molecule has 2 N–H and O–H groups in total. The van der Waals surface area contributed by atoms with E-state index < -0.39 is 0 Å². The number of hydrogen-bond donors (Lipinski definition) is 2. The number of nitrogens with one attached hydrogen (secondary N) is 1. The van der Waals surface area contributed by atoms with Crippen LogP contribution in [0.15, 0.2) is 29.7 Å². The fraction of sp³-hybridized carbons (Fsp3) is 0. The number of imidazole rings is 1. The van der Waals surface area contributed by atoms with Crippen molar-refractivity contribution in [3.05, 3.63) is 30.1 Å². The molecule has 0 radical (unpaired) electrons. The van der Waals surface area contributed by atoms with Gasteiger partial charge in [-0.15, -0.1) is 0 Å². The van der Waals surface area contributed by atoms with Crippen LogP contribution in [0.2, 0.25) is 0 Å². The smallest absolute Gasteiger partial charge is 0.0931 e. The molecule has 0 unspecified atom stereocenters. The Morgan fingerprint density at radius 2 is 2.42 bits per heavy atom. The van der Waals surface area contributed by atoms with Crippen LogP contribution >= 0.6 is 0 Å². The molecule has 1 aromatic carbocycles. The van der Waals surface area contributed by atoms with Gasteiger partial charge < -0.3 is 10.2 Å². The first-order chi connectivity index (χ1) is 5.90. The summed E-state index contributed by atoms with van der Waals surface area (Å²) in [7, 11) is 0. The number of aromatic amines is 1. The maximum atomic E-state index is 8.29. The van der Waals surface area contributed by atoms with Crippen LogP contribution in [-0.2, 0) is 0 Å². The van der Waals surface area contributed by atoms with Gasteiger partial charge in [0.05, 0.1) is 23.6 Å². The van der Waals surface area contributed by atoms with Gasteiger partial charge in [0.15, 0.2) is 0 Å². The quantitative estimate of drug-likeness (QED) is 0.377. The highest BCUT2D eigenvalue weighted by molar-refractivity contribution is 5.86. The lowest BCUT2D eigenvalue weighted by molar-refractivity contribution is 0.322. The summed E-state index contributed by atoms with van der Waals surface area (Å²) in [5.41, 5.74) is 2.69. The van der Waals surface area contributed by atoms with Crippen LogP contribution in [0.3, 0.4) is 0 Å². The van der Waals surface area contributed by atoms with Crippen LogP contribution in [-0.4, -0.2) is 21.4 Å². The minimum Gasteiger partial charge on any atom is -0.411 e. The predicted molar refractivity (Wildman–Crippen MR) is 45.5 cm³/mol. The van der Waals surface area contributed by atoms with E-state index >= 15 is 0 Å². The Balaban J connectivity index is 2.60. The Morgan fingerprint density at radius 3 is 3.25 bits per heavy atom. The lowest BCUT2D eigenvalue weighted by Crippen LogP contribution is -1.80. The van der Waals surface area contributed by atoms with Crippen LogP contribution < -0.4 is 0 Å². The van der Waals surface area contributed by atoms with Crippen LogP contribution in [0.4, 0.5) is 0 Å². The summed E-state index contributed by atoms with van der Waals surface area (Å²) in [6.45, 7) is 0. The van der Waals surface area contributed by atoms with Gasteiger partial charge in [0, 0.05) is 0 Å². The van der Waals surface area contributed by atoms with Crippen molar-refractivity contribution < 1.29 is 5.21 Å². The zero-order valence-corrected chi connectivity index (χ0v) is 6.23. The fourth-order valence-corrected chi connectivity index (χ4v) is 1.10. The van der Waals surface area contributed by atoms with Gasteiger partial charge in [-0.1, -0.05) is 11.2 Å². The third-order valence-corrected chi connectivity index (χ3v) is 1.65. The molecule has 0 amide bonds. The summed E-state index contributed by atoms with van der Waals surface area (Å²) in [6.07, 6.45) is 3.00. The zero-order valence-electron chi connectivity index (χ0n) is 6.23. The van der Waals surface area contributed by atoms with Crippen LogP contribution in [0.25, 0.3) is 11.0 Å². The SMILES string of the molecule is O/N=C\c1ccc2nc[nH]c2c1. The Kier molecular flexibility index (Phi) is 1.51. The van der Waals surface area contributed by atoms with Crippen molar-refractivity contribution in [2.45, 2.75) is 0 Å². The second-order valence-corrected chi connectivity index (χ2v) is 2.42. The average molecular weight is 161 g/mol. The number of nitrogens with zero attached hydrogens (tertiary/aromatic N) is 2. The first-order valence-corrected chi connectivity index (χ1v) is 3.51. The number of oxime groups is 1. The molecule has 0 aliphatic rings. The summed E-state index contributed by atoms with van der Waals surface area (Å²) in [4.78, 5) is 7.02. The van der Waals surface area contributed by atoms with Crippen LogP contribution in [0, 0.1) is 0 Å². The van der Waals surface area contributed by atoms with E-state index in [1.54, 1.807) is 6.33 Å². The molecule has 0 saturated carbocycles. The summed E-state index contributed by atoms with van der Waals surface area (Å²) in [5, 5.41) is 11.2. The second kappa shape index (κ2) is 2.65. The standard InChI is InChI=1S/C8H7N3O/c12-11-4-6-1-2-7-8(3-6)10-5-9-7/h1-5,12H,(H,9,10)/b11-4-. The van der Waals surface area contributed by atoms with Crippen molar-refractivity contribution in [3.63, 3.8) is 0 Å². The minimum absolute atomic E-state index is 0.842. The van der Waals surface area contributed by atoms with E-state index in [-0.39, 0.29) is 0 Å². The van der Waals surface area contributed by atoms with E-state index in [4.69, 9.17) is 5.21 Å². The summed E-state index contributed by atoms with van der Waals surface area (Å²) < 4.78 is 0. The van der Waals surface area contributed by atoms with Gasteiger partial charge in [-0.25, -0.2) is 4.98 Å². The largest absolute Gasteiger partial charge is 0.411 e. The van der Waals surface area contributed by atoms with Gasteiger partial charge in [-0.3, -0.25) is 0 Å². The van der Waals surface area contributed by atoms with Gasteiger partial charge >= 0.3 is 0 Å². The third-order valence-electron chi connectivity index (χ3n) is 1.65. The second-order valence-electron chi connectivity index (χ2n) is 2.42. The highest BCUT2D eigenvalue weighted by Crippen LogP contribution is 2.09. The van der Waals surface area contributed by atoms with Crippen molar-refractivity contribution in [2.24, 2.45) is 5.16 Å². The molecule has 1 aromatic heterocycles. The molecule has 4 heteroatoms. The molecule has 0 fully saturated rings. The summed E-state index contributed by atoms with van der Waals surface area (Å²) in [6, 6.07) is 5.56. The van der Waals surface area contributed by atoms with Gasteiger partial charge in [0.2, 0.25) is 0 Å². The molecule has 0 aliphatic heterocycles. The van der Waals surface area contributed by atoms with Crippen molar-refractivity contribution >= 4 is 17.2 Å². The third kappa shape index (κ3) is 1.03. The first-order valence-electron chi connectivity index (χ1n) is 3.51. The summed E-state index contributed by atoms with van der Waals surface area (Å²) in [5.74, 6) is 0. The van der Waals surface area contributed by atoms with Crippen molar-refractivity contribution in [2.75, 3.05) is 0 Å². The first kappa shape index (κ1) is 6.84. The van der Waals surface area contributed by atoms with E-state index in [2.05, 4.69) is 15.1 Å². The number of rotatable bonds is 1. The normalized spacial score (nSPS) is 11.3. The molecule has 4 nitrogen and oxygen atoms in total. The van der Waals surface area contributed by atoms with Crippen molar-refractivity contribution in [3.8, 4) is 0 Å². The minimum atomic E-state index is 0.842. The molecule has 0 bridgehead atoms. The topological polar surface area (TPSA) is 61.3 Å². The molecule has 2 aromatic rings. The maximum absolute atomic E-state index is 8.29. The molecule has 0 aliphatic carbocycles. The van der Waals surface area contributed by atoms with Crippen molar-refractivity contribution in [1.29, 1.82) is 0 Å². The number of hydrogen-bond acceptors (Lipinski definition) is 3. The van der Waals surface area contributed by atoms with Crippen LogP contribution in [0.5, 0.6) is 0 Å². The number of aromatic nitrogens is 2. The maximum Gasteiger partial charge on any atom is 0.0931 e.